The van der Waals surface area contributed by atoms with Gasteiger partial charge in [0.15, 0.2) is 5.00 Å². The van der Waals surface area contributed by atoms with E-state index in [4.69, 9.17) is 21.8 Å². The molecule has 158 valence electrons. The van der Waals surface area contributed by atoms with E-state index >= 15 is 0 Å². The van der Waals surface area contributed by atoms with Crippen molar-refractivity contribution in [2.24, 2.45) is 10.2 Å². The SMILES string of the molecule is ClC1(/N=N/C2CCCCCCCCCCC2)CCCCCCCCCCC1. The summed E-state index contributed by atoms with van der Waals surface area (Å²) in [4.78, 5) is -0.414. The summed E-state index contributed by atoms with van der Waals surface area (Å²) in [7, 11) is 0. The zero-order valence-corrected chi connectivity index (χ0v) is 18.7. The van der Waals surface area contributed by atoms with Crippen molar-refractivity contribution in [2.75, 3.05) is 0 Å². The fraction of sp³-hybridized carbons (Fsp3) is 1.00. The van der Waals surface area contributed by atoms with E-state index in [1.165, 1.54) is 128 Å². The van der Waals surface area contributed by atoms with E-state index in [1.807, 2.05) is 0 Å². The van der Waals surface area contributed by atoms with Crippen molar-refractivity contribution in [1.29, 1.82) is 0 Å². The van der Waals surface area contributed by atoms with E-state index in [-0.39, 0.29) is 0 Å². The molecule has 2 nitrogen and oxygen atoms in total. The Balaban J connectivity index is 1.87. The average Bonchev–Trinajstić information content (AvgIpc) is 2.64. The van der Waals surface area contributed by atoms with Gasteiger partial charge in [-0.25, -0.2) is 0 Å². The highest BCUT2D eigenvalue weighted by atomic mass is 35.5. The fourth-order valence-corrected chi connectivity index (χ4v) is 5.01. The summed E-state index contributed by atoms with van der Waals surface area (Å²) in [6.45, 7) is 0. The van der Waals surface area contributed by atoms with Gasteiger partial charge < -0.3 is 0 Å². The molecule has 27 heavy (non-hydrogen) atoms. The Bertz CT molecular complexity index is 359. The molecule has 0 heterocycles. The third kappa shape index (κ3) is 11.5. The maximum Gasteiger partial charge on any atom is 0.154 e. The van der Waals surface area contributed by atoms with Crippen LogP contribution in [0.3, 0.4) is 0 Å². The van der Waals surface area contributed by atoms with Crippen LogP contribution in [-0.2, 0) is 0 Å². The fourth-order valence-electron chi connectivity index (χ4n) is 4.70. The summed E-state index contributed by atoms with van der Waals surface area (Å²) in [6.07, 6.45) is 29.0. The first-order chi connectivity index (χ1) is 13.3. The number of azo groups is 1. The normalized spacial score (nSPS) is 26.4. The Kier molecular flexibility index (Phi) is 12.7. The van der Waals surface area contributed by atoms with Gasteiger partial charge in [-0.1, -0.05) is 114 Å². The molecule has 0 aromatic carbocycles. The summed E-state index contributed by atoms with van der Waals surface area (Å²) in [5, 5.41) is 9.69. The molecule has 0 spiro atoms. The molecule has 2 aliphatic carbocycles. The minimum atomic E-state index is -0.414. The molecule has 0 bridgehead atoms. The van der Waals surface area contributed by atoms with Crippen molar-refractivity contribution >= 4 is 11.6 Å². The summed E-state index contributed by atoms with van der Waals surface area (Å²) >= 11 is 7.01. The Labute approximate surface area is 174 Å². The first-order valence-corrected chi connectivity index (χ1v) is 12.8. The number of hydrogen-bond donors (Lipinski definition) is 0. The zero-order valence-electron chi connectivity index (χ0n) is 17.9. The molecule has 0 unspecified atom stereocenters. The number of nitrogens with zero attached hydrogens (tertiary/aromatic N) is 2. The molecule has 3 heteroatoms. The first kappa shape index (κ1) is 23.2. The lowest BCUT2D eigenvalue weighted by Crippen LogP contribution is -2.19. The minimum absolute atomic E-state index is 0.414. The third-order valence-electron chi connectivity index (χ3n) is 6.59. The van der Waals surface area contributed by atoms with Crippen molar-refractivity contribution in [1.82, 2.24) is 0 Å². The van der Waals surface area contributed by atoms with Crippen LogP contribution in [0.4, 0.5) is 0 Å². The Morgan fingerprint density at radius 1 is 0.481 bits per heavy atom. The molecule has 2 fully saturated rings. The highest BCUT2D eigenvalue weighted by Crippen LogP contribution is 2.33. The van der Waals surface area contributed by atoms with E-state index in [9.17, 15) is 0 Å². The third-order valence-corrected chi connectivity index (χ3v) is 7.05. The smallest absolute Gasteiger partial charge is 0.154 e. The maximum absolute atomic E-state index is 7.01. The van der Waals surface area contributed by atoms with Crippen molar-refractivity contribution < 1.29 is 0 Å². The van der Waals surface area contributed by atoms with Crippen LogP contribution >= 0.6 is 11.6 Å². The number of halogens is 1. The van der Waals surface area contributed by atoms with Crippen molar-refractivity contribution in [3.8, 4) is 0 Å². The van der Waals surface area contributed by atoms with E-state index in [0.717, 1.165) is 12.8 Å². The molecular weight excluding hydrogens is 352 g/mol. The predicted octanol–water partition coefficient (Wildman–Crippen LogP) is 9.35. The summed E-state index contributed by atoms with van der Waals surface area (Å²) in [5.41, 5.74) is 0. The summed E-state index contributed by atoms with van der Waals surface area (Å²) in [6, 6.07) is 0.418. The van der Waals surface area contributed by atoms with Crippen LogP contribution in [0.1, 0.15) is 141 Å². The van der Waals surface area contributed by atoms with Gasteiger partial charge in [0.25, 0.3) is 0 Å². The minimum Gasteiger partial charge on any atom is -0.189 e. The molecule has 0 radical (unpaired) electrons. The maximum atomic E-state index is 7.01. The standard InChI is InChI=1S/C24H45ClN2/c25-24(21-17-13-9-5-2-6-10-14-18-22-24)27-26-23-19-15-11-7-3-1-4-8-12-16-20-23/h23H,1-22H2/b27-26+. The molecule has 0 aromatic heterocycles. The number of hydrogen-bond acceptors (Lipinski definition) is 2. The quantitative estimate of drug-likeness (QED) is 0.252. The van der Waals surface area contributed by atoms with Crippen LogP contribution in [0.2, 0.25) is 0 Å². The van der Waals surface area contributed by atoms with Crippen molar-refractivity contribution in [2.45, 2.75) is 152 Å². The molecule has 0 aromatic rings. The Hall–Kier alpha value is -0.110. The van der Waals surface area contributed by atoms with E-state index in [1.54, 1.807) is 0 Å². The number of alkyl halides is 1. The molecule has 2 rings (SSSR count). The van der Waals surface area contributed by atoms with Crippen LogP contribution in [0.15, 0.2) is 10.2 Å². The van der Waals surface area contributed by atoms with Crippen molar-refractivity contribution in [3.05, 3.63) is 0 Å². The second-order valence-electron chi connectivity index (χ2n) is 9.23. The van der Waals surface area contributed by atoms with Gasteiger partial charge in [0.2, 0.25) is 0 Å². The monoisotopic (exact) mass is 396 g/mol. The Morgan fingerprint density at radius 3 is 1.22 bits per heavy atom. The van der Waals surface area contributed by atoms with E-state index < -0.39 is 5.00 Å². The van der Waals surface area contributed by atoms with E-state index in [0.29, 0.717) is 6.04 Å². The van der Waals surface area contributed by atoms with Gasteiger partial charge in [-0.15, -0.1) is 0 Å². The van der Waals surface area contributed by atoms with Gasteiger partial charge in [-0.05, 0) is 38.5 Å². The number of rotatable bonds is 2. The van der Waals surface area contributed by atoms with Gasteiger partial charge in [0, 0.05) is 0 Å². The second kappa shape index (κ2) is 14.8. The Morgan fingerprint density at radius 2 is 0.815 bits per heavy atom. The lowest BCUT2D eigenvalue weighted by molar-refractivity contribution is 0.397. The van der Waals surface area contributed by atoms with Gasteiger partial charge >= 0.3 is 0 Å². The van der Waals surface area contributed by atoms with Gasteiger partial charge in [0.05, 0.1) is 6.04 Å². The zero-order chi connectivity index (χ0) is 19.0. The lowest BCUT2D eigenvalue weighted by Gasteiger charge is -2.23. The second-order valence-corrected chi connectivity index (χ2v) is 9.93. The predicted molar refractivity (Wildman–Crippen MR) is 119 cm³/mol. The van der Waals surface area contributed by atoms with Crippen LogP contribution < -0.4 is 0 Å². The largest absolute Gasteiger partial charge is 0.189 e. The highest BCUT2D eigenvalue weighted by molar-refractivity contribution is 6.23. The molecule has 0 aliphatic heterocycles. The average molecular weight is 397 g/mol. The van der Waals surface area contributed by atoms with Crippen LogP contribution in [0, 0.1) is 0 Å². The molecule has 0 saturated heterocycles. The molecule has 2 aliphatic rings. The van der Waals surface area contributed by atoms with Crippen molar-refractivity contribution in [3.63, 3.8) is 0 Å². The van der Waals surface area contributed by atoms with Gasteiger partial charge in [-0.2, -0.15) is 10.2 Å². The van der Waals surface area contributed by atoms with Crippen LogP contribution in [0.25, 0.3) is 0 Å². The van der Waals surface area contributed by atoms with Gasteiger partial charge in [0.1, 0.15) is 0 Å². The van der Waals surface area contributed by atoms with E-state index in [2.05, 4.69) is 0 Å². The summed E-state index contributed by atoms with van der Waals surface area (Å²) in [5.74, 6) is 0. The topological polar surface area (TPSA) is 24.7 Å². The molecule has 0 amide bonds. The van der Waals surface area contributed by atoms with Crippen LogP contribution in [0.5, 0.6) is 0 Å². The highest BCUT2D eigenvalue weighted by Gasteiger charge is 2.26. The van der Waals surface area contributed by atoms with Gasteiger partial charge in [-0.3, -0.25) is 0 Å². The summed E-state index contributed by atoms with van der Waals surface area (Å²) < 4.78 is 0. The molecule has 0 atom stereocenters. The first-order valence-electron chi connectivity index (χ1n) is 12.4. The molecular formula is C24H45ClN2. The molecule has 0 N–H and O–H groups in total. The van der Waals surface area contributed by atoms with Crippen LogP contribution in [-0.4, -0.2) is 11.0 Å². The molecule has 2 saturated carbocycles. The lowest BCUT2D eigenvalue weighted by atomic mass is 9.97.